The topological polar surface area (TPSA) is 50.9 Å². The second-order valence-corrected chi connectivity index (χ2v) is 5.11. The van der Waals surface area contributed by atoms with Gasteiger partial charge in [-0.25, -0.2) is 9.37 Å². The fraction of sp³-hybridized carbons (Fsp3) is 0.545. The van der Waals surface area contributed by atoms with Crippen LogP contribution in [0.15, 0.2) is 16.7 Å². The SMILES string of the molecule is CC(C)CC(CN)Nc1ncc(Br)cc1F. The Morgan fingerprint density at radius 1 is 1.56 bits per heavy atom. The maximum absolute atomic E-state index is 13.5. The Kier molecular flexibility index (Phi) is 5.15. The quantitative estimate of drug-likeness (QED) is 0.876. The number of nitrogens with two attached hydrogens (primary N) is 1. The minimum absolute atomic E-state index is 0.0585. The summed E-state index contributed by atoms with van der Waals surface area (Å²) >= 11 is 3.16. The predicted octanol–water partition coefficient (Wildman–Crippen LogP) is 2.77. The summed E-state index contributed by atoms with van der Waals surface area (Å²) in [5.74, 6) is 0.412. The van der Waals surface area contributed by atoms with Crippen LogP contribution < -0.4 is 11.1 Å². The standard InChI is InChI=1S/C11H17BrFN3/c1-7(2)3-9(5-14)16-11-10(13)4-8(12)6-15-11/h4,6-7,9H,3,5,14H2,1-2H3,(H,15,16). The summed E-state index contributed by atoms with van der Waals surface area (Å²) in [6.45, 7) is 4.68. The highest BCUT2D eigenvalue weighted by atomic mass is 79.9. The Morgan fingerprint density at radius 3 is 2.75 bits per heavy atom. The molecule has 1 unspecified atom stereocenters. The molecule has 3 nitrogen and oxygen atoms in total. The lowest BCUT2D eigenvalue weighted by Gasteiger charge is -2.19. The lowest BCUT2D eigenvalue weighted by atomic mass is 10.0. The van der Waals surface area contributed by atoms with Crippen molar-refractivity contribution in [3.8, 4) is 0 Å². The average molecular weight is 290 g/mol. The number of hydrogen-bond acceptors (Lipinski definition) is 3. The maximum atomic E-state index is 13.5. The molecule has 0 saturated heterocycles. The largest absolute Gasteiger partial charge is 0.364 e. The first-order valence-electron chi connectivity index (χ1n) is 5.30. The summed E-state index contributed by atoms with van der Waals surface area (Å²) in [5, 5.41) is 3.02. The third-order valence-corrected chi connectivity index (χ3v) is 2.62. The molecule has 3 N–H and O–H groups in total. The molecule has 0 amide bonds. The first-order valence-corrected chi connectivity index (χ1v) is 6.10. The molecule has 16 heavy (non-hydrogen) atoms. The summed E-state index contributed by atoms with van der Waals surface area (Å²) in [6, 6.07) is 1.45. The van der Waals surface area contributed by atoms with Crippen LogP contribution in [0.25, 0.3) is 0 Å². The van der Waals surface area contributed by atoms with Crippen LogP contribution in [0.2, 0.25) is 0 Å². The molecule has 0 bridgehead atoms. The van der Waals surface area contributed by atoms with Crippen molar-refractivity contribution in [1.29, 1.82) is 0 Å². The van der Waals surface area contributed by atoms with E-state index < -0.39 is 0 Å². The summed E-state index contributed by atoms with van der Waals surface area (Å²) in [6.07, 6.45) is 2.46. The van der Waals surface area contributed by atoms with Crippen LogP contribution in [0.1, 0.15) is 20.3 Å². The molecule has 0 saturated carbocycles. The molecule has 0 aliphatic rings. The molecule has 0 aliphatic heterocycles. The van der Waals surface area contributed by atoms with E-state index in [1.807, 2.05) is 0 Å². The van der Waals surface area contributed by atoms with Crippen molar-refractivity contribution in [2.75, 3.05) is 11.9 Å². The van der Waals surface area contributed by atoms with Gasteiger partial charge in [0.1, 0.15) is 0 Å². The van der Waals surface area contributed by atoms with Crippen molar-refractivity contribution in [2.45, 2.75) is 26.3 Å². The molecular weight excluding hydrogens is 273 g/mol. The number of nitrogens with zero attached hydrogens (tertiary/aromatic N) is 1. The van der Waals surface area contributed by atoms with Crippen molar-refractivity contribution in [3.05, 3.63) is 22.6 Å². The summed E-state index contributed by atoms with van der Waals surface area (Å²) in [5.41, 5.74) is 5.63. The van der Waals surface area contributed by atoms with E-state index in [0.29, 0.717) is 16.9 Å². The second-order valence-electron chi connectivity index (χ2n) is 4.19. The summed E-state index contributed by atoms with van der Waals surface area (Å²) in [7, 11) is 0. The molecule has 1 heterocycles. The molecule has 0 fully saturated rings. The number of hydrogen-bond donors (Lipinski definition) is 2. The molecule has 0 spiro atoms. The first kappa shape index (κ1) is 13.4. The maximum Gasteiger partial charge on any atom is 0.166 e. The van der Waals surface area contributed by atoms with Gasteiger partial charge in [-0.3, -0.25) is 0 Å². The van der Waals surface area contributed by atoms with Crippen molar-refractivity contribution in [2.24, 2.45) is 11.7 Å². The highest BCUT2D eigenvalue weighted by Gasteiger charge is 2.12. The highest BCUT2D eigenvalue weighted by Crippen LogP contribution is 2.18. The van der Waals surface area contributed by atoms with E-state index >= 15 is 0 Å². The molecule has 90 valence electrons. The van der Waals surface area contributed by atoms with Gasteiger partial charge < -0.3 is 11.1 Å². The number of pyridine rings is 1. The smallest absolute Gasteiger partial charge is 0.166 e. The first-order chi connectivity index (χ1) is 7.52. The van der Waals surface area contributed by atoms with E-state index in [9.17, 15) is 4.39 Å². The lowest BCUT2D eigenvalue weighted by molar-refractivity contribution is 0.516. The van der Waals surface area contributed by atoms with Crippen molar-refractivity contribution >= 4 is 21.7 Å². The van der Waals surface area contributed by atoms with E-state index in [2.05, 4.69) is 40.1 Å². The van der Waals surface area contributed by atoms with Crippen molar-refractivity contribution in [3.63, 3.8) is 0 Å². The molecule has 5 heteroatoms. The van der Waals surface area contributed by atoms with E-state index in [1.165, 1.54) is 6.07 Å². The third kappa shape index (κ3) is 4.06. The van der Waals surface area contributed by atoms with Crippen LogP contribution >= 0.6 is 15.9 Å². The number of rotatable bonds is 5. The highest BCUT2D eigenvalue weighted by molar-refractivity contribution is 9.10. The van der Waals surface area contributed by atoms with Gasteiger partial charge in [-0.1, -0.05) is 13.8 Å². The van der Waals surface area contributed by atoms with Crippen LogP contribution in [-0.2, 0) is 0 Å². The van der Waals surface area contributed by atoms with Gasteiger partial charge in [0.2, 0.25) is 0 Å². The molecule has 1 atom stereocenters. The van der Waals surface area contributed by atoms with Crippen molar-refractivity contribution < 1.29 is 4.39 Å². The van der Waals surface area contributed by atoms with Gasteiger partial charge in [-0.15, -0.1) is 0 Å². The van der Waals surface area contributed by atoms with Crippen LogP contribution in [0.3, 0.4) is 0 Å². The Bertz CT molecular complexity index is 344. The normalized spacial score (nSPS) is 12.9. The number of aromatic nitrogens is 1. The molecule has 1 aromatic heterocycles. The van der Waals surface area contributed by atoms with Crippen molar-refractivity contribution in [1.82, 2.24) is 4.98 Å². The van der Waals surface area contributed by atoms with E-state index in [-0.39, 0.29) is 17.7 Å². The monoisotopic (exact) mass is 289 g/mol. The van der Waals surface area contributed by atoms with Crippen LogP contribution in [0.4, 0.5) is 10.2 Å². The average Bonchev–Trinajstić information content (AvgIpc) is 2.20. The molecule has 0 radical (unpaired) electrons. The zero-order valence-electron chi connectivity index (χ0n) is 9.50. The van der Waals surface area contributed by atoms with E-state index in [4.69, 9.17) is 5.73 Å². The summed E-state index contributed by atoms with van der Waals surface area (Å²) < 4.78 is 14.1. The number of halogens is 2. The third-order valence-electron chi connectivity index (χ3n) is 2.19. The van der Waals surface area contributed by atoms with Gasteiger partial charge in [0.25, 0.3) is 0 Å². The lowest BCUT2D eigenvalue weighted by Crippen LogP contribution is -2.31. The minimum atomic E-state index is -0.364. The molecule has 1 rings (SSSR count). The fourth-order valence-corrected chi connectivity index (χ4v) is 1.80. The van der Waals surface area contributed by atoms with Gasteiger partial charge >= 0.3 is 0 Å². The minimum Gasteiger partial charge on any atom is -0.364 e. The van der Waals surface area contributed by atoms with Gasteiger partial charge in [-0.2, -0.15) is 0 Å². The fourth-order valence-electron chi connectivity index (χ4n) is 1.50. The van der Waals surface area contributed by atoms with Gasteiger partial charge in [0, 0.05) is 23.3 Å². The zero-order valence-corrected chi connectivity index (χ0v) is 11.1. The van der Waals surface area contributed by atoms with Gasteiger partial charge in [-0.05, 0) is 34.3 Å². The Labute approximate surface area is 104 Å². The molecule has 0 aliphatic carbocycles. The molecular formula is C11H17BrFN3. The van der Waals surface area contributed by atoms with E-state index in [1.54, 1.807) is 6.20 Å². The Morgan fingerprint density at radius 2 is 2.25 bits per heavy atom. The molecule has 1 aromatic rings. The molecule has 0 aromatic carbocycles. The number of anilines is 1. The number of nitrogens with one attached hydrogen (secondary N) is 1. The summed E-state index contributed by atoms with van der Waals surface area (Å²) in [4.78, 5) is 3.98. The van der Waals surface area contributed by atoms with Gasteiger partial charge in [0.05, 0.1) is 0 Å². The predicted molar refractivity (Wildman–Crippen MR) is 67.8 cm³/mol. The second kappa shape index (κ2) is 6.15. The van der Waals surface area contributed by atoms with Gasteiger partial charge in [0.15, 0.2) is 11.6 Å². The van der Waals surface area contributed by atoms with Crippen LogP contribution in [0.5, 0.6) is 0 Å². The van der Waals surface area contributed by atoms with Crippen LogP contribution in [-0.4, -0.2) is 17.6 Å². The Balaban J connectivity index is 2.70. The van der Waals surface area contributed by atoms with E-state index in [0.717, 1.165) is 6.42 Å². The Hall–Kier alpha value is -0.680. The zero-order chi connectivity index (χ0) is 12.1. The van der Waals surface area contributed by atoms with Crippen LogP contribution in [0, 0.1) is 11.7 Å².